The largest absolute Gasteiger partial charge is 0.497 e. The van der Waals surface area contributed by atoms with Crippen molar-refractivity contribution < 1.29 is 14.2 Å². The van der Waals surface area contributed by atoms with Crippen LogP contribution in [0.25, 0.3) is 10.9 Å². The van der Waals surface area contributed by atoms with E-state index >= 15 is 0 Å². The van der Waals surface area contributed by atoms with E-state index in [0.29, 0.717) is 26.4 Å². The quantitative estimate of drug-likeness (QED) is 0.316. The Balaban J connectivity index is 1.15. The Kier molecular flexibility index (Phi) is 7.69. The summed E-state index contributed by atoms with van der Waals surface area (Å²) < 4.78 is 16.6. The smallest absolute Gasteiger partial charge is 0.119 e. The third-order valence-electron chi connectivity index (χ3n) is 5.16. The van der Waals surface area contributed by atoms with Crippen LogP contribution in [0.15, 0.2) is 85.1 Å². The summed E-state index contributed by atoms with van der Waals surface area (Å²) in [5.74, 6) is 0.842. The Morgan fingerprint density at radius 1 is 0.750 bits per heavy atom. The first kappa shape index (κ1) is 21.8. The van der Waals surface area contributed by atoms with Crippen molar-refractivity contribution in [3.8, 4) is 5.75 Å². The first-order valence-electron chi connectivity index (χ1n) is 10.7. The molecule has 0 saturated heterocycles. The van der Waals surface area contributed by atoms with Gasteiger partial charge in [0, 0.05) is 23.8 Å². The molecule has 1 aromatic heterocycles. The van der Waals surface area contributed by atoms with Gasteiger partial charge in [-0.3, -0.25) is 4.98 Å². The van der Waals surface area contributed by atoms with Crippen LogP contribution in [0.4, 0.5) is 5.69 Å². The minimum Gasteiger partial charge on any atom is -0.497 e. The molecule has 5 heteroatoms. The van der Waals surface area contributed by atoms with Crippen LogP contribution in [0.2, 0.25) is 0 Å². The van der Waals surface area contributed by atoms with Crippen molar-refractivity contribution in [2.24, 2.45) is 0 Å². The number of methoxy groups -OCH3 is 1. The van der Waals surface area contributed by atoms with Crippen LogP contribution in [-0.2, 0) is 29.2 Å². The second kappa shape index (κ2) is 11.3. The number of benzene rings is 3. The number of nitrogens with zero attached hydrogens (tertiary/aromatic N) is 1. The van der Waals surface area contributed by atoms with E-state index in [9.17, 15) is 0 Å². The molecular formula is C27H28N2O3. The predicted octanol–water partition coefficient (Wildman–Crippen LogP) is 5.59. The van der Waals surface area contributed by atoms with Gasteiger partial charge < -0.3 is 19.5 Å². The second-order valence-electron chi connectivity index (χ2n) is 7.54. The van der Waals surface area contributed by atoms with E-state index in [1.54, 1.807) is 7.11 Å². The van der Waals surface area contributed by atoms with Gasteiger partial charge in [0.2, 0.25) is 0 Å². The lowest BCUT2D eigenvalue weighted by atomic mass is 10.1. The molecule has 0 atom stereocenters. The molecule has 4 aromatic rings. The molecule has 0 aliphatic rings. The first-order valence-corrected chi connectivity index (χ1v) is 10.7. The van der Waals surface area contributed by atoms with Gasteiger partial charge in [-0.15, -0.1) is 0 Å². The monoisotopic (exact) mass is 428 g/mol. The first-order chi connectivity index (χ1) is 15.8. The number of ether oxygens (including phenoxy) is 3. The standard InChI is InChI=1S/C27H28N2O3/c1-30-26-6-2-4-23(16-26)20-32-15-14-31-19-21-8-11-25(12-9-21)29-18-22-7-10-24-5-3-13-28-27(24)17-22/h2-13,16-17,29H,14-15,18-20H2,1H3. The number of hydrogen-bond donors (Lipinski definition) is 1. The molecule has 0 unspecified atom stereocenters. The van der Waals surface area contributed by atoms with E-state index < -0.39 is 0 Å². The van der Waals surface area contributed by atoms with Crippen LogP contribution < -0.4 is 10.1 Å². The van der Waals surface area contributed by atoms with Crippen molar-refractivity contribution >= 4 is 16.6 Å². The molecule has 0 radical (unpaired) electrons. The van der Waals surface area contributed by atoms with E-state index in [1.807, 2.05) is 36.5 Å². The number of rotatable bonds is 11. The van der Waals surface area contributed by atoms with Gasteiger partial charge in [0.05, 0.1) is 39.1 Å². The molecule has 0 saturated carbocycles. The predicted molar refractivity (Wildman–Crippen MR) is 128 cm³/mol. The number of fused-ring (bicyclic) bond motifs is 1. The summed E-state index contributed by atoms with van der Waals surface area (Å²) in [7, 11) is 1.67. The molecule has 0 aliphatic carbocycles. The minimum atomic E-state index is 0.550. The lowest BCUT2D eigenvalue weighted by molar-refractivity contribution is 0.0338. The van der Waals surface area contributed by atoms with E-state index in [1.165, 1.54) is 5.56 Å². The number of pyridine rings is 1. The molecule has 0 spiro atoms. The third kappa shape index (κ3) is 6.30. The van der Waals surface area contributed by atoms with Crippen LogP contribution in [-0.4, -0.2) is 25.3 Å². The van der Waals surface area contributed by atoms with Gasteiger partial charge >= 0.3 is 0 Å². The van der Waals surface area contributed by atoms with Crippen molar-refractivity contribution in [1.29, 1.82) is 0 Å². The molecule has 0 bridgehead atoms. The molecule has 0 amide bonds. The summed E-state index contributed by atoms with van der Waals surface area (Å²) in [6, 6.07) is 26.6. The highest BCUT2D eigenvalue weighted by Gasteiger charge is 2.00. The molecule has 1 N–H and O–H groups in total. The summed E-state index contributed by atoms with van der Waals surface area (Å²) in [5.41, 5.74) is 5.53. The van der Waals surface area contributed by atoms with Crippen molar-refractivity contribution in [2.45, 2.75) is 19.8 Å². The topological polar surface area (TPSA) is 52.6 Å². The Hall–Kier alpha value is -3.41. The average molecular weight is 429 g/mol. The van der Waals surface area contributed by atoms with Gasteiger partial charge in [0.1, 0.15) is 5.75 Å². The van der Waals surface area contributed by atoms with Crippen LogP contribution in [0.3, 0.4) is 0 Å². The molecule has 0 aliphatic heterocycles. The third-order valence-corrected chi connectivity index (χ3v) is 5.16. The maximum Gasteiger partial charge on any atom is 0.119 e. The van der Waals surface area contributed by atoms with Crippen molar-refractivity contribution in [1.82, 2.24) is 4.98 Å². The maximum absolute atomic E-state index is 5.74. The van der Waals surface area contributed by atoms with Crippen LogP contribution in [0, 0.1) is 0 Å². The zero-order valence-corrected chi connectivity index (χ0v) is 18.3. The van der Waals surface area contributed by atoms with E-state index in [4.69, 9.17) is 14.2 Å². The van der Waals surface area contributed by atoms with Crippen LogP contribution in [0.1, 0.15) is 16.7 Å². The SMILES string of the molecule is COc1cccc(COCCOCc2ccc(NCc3ccc4cccnc4c3)cc2)c1. The number of anilines is 1. The summed E-state index contributed by atoms with van der Waals surface area (Å²) >= 11 is 0. The van der Waals surface area contributed by atoms with Crippen LogP contribution in [0.5, 0.6) is 5.75 Å². The lowest BCUT2D eigenvalue weighted by Gasteiger charge is -2.09. The van der Waals surface area contributed by atoms with Crippen molar-refractivity contribution in [2.75, 3.05) is 25.6 Å². The lowest BCUT2D eigenvalue weighted by Crippen LogP contribution is -2.05. The van der Waals surface area contributed by atoms with E-state index in [2.05, 4.69) is 58.8 Å². The van der Waals surface area contributed by atoms with Gasteiger partial charge in [-0.05, 0) is 53.1 Å². The highest BCUT2D eigenvalue weighted by Crippen LogP contribution is 2.16. The van der Waals surface area contributed by atoms with Gasteiger partial charge in [0.15, 0.2) is 0 Å². The summed E-state index contributed by atoms with van der Waals surface area (Å²) in [6.45, 7) is 2.98. The van der Waals surface area contributed by atoms with E-state index in [-0.39, 0.29) is 0 Å². The van der Waals surface area contributed by atoms with Gasteiger partial charge in [-0.25, -0.2) is 0 Å². The number of hydrogen-bond acceptors (Lipinski definition) is 5. The molecule has 3 aromatic carbocycles. The highest BCUT2D eigenvalue weighted by molar-refractivity contribution is 5.78. The minimum absolute atomic E-state index is 0.550. The number of nitrogens with one attached hydrogen (secondary N) is 1. The fourth-order valence-electron chi connectivity index (χ4n) is 3.41. The van der Waals surface area contributed by atoms with Gasteiger partial charge in [-0.1, -0.05) is 42.5 Å². The molecule has 32 heavy (non-hydrogen) atoms. The van der Waals surface area contributed by atoms with Crippen molar-refractivity contribution in [3.63, 3.8) is 0 Å². The number of aromatic nitrogens is 1. The fraction of sp³-hybridized carbons (Fsp3) is 0.222. The molecule has 164 valence electrons. The summed E-state index contributed by atoms with van der Waals surface area (Å²) in [5, 5.41) is 4.62. The Morgan fingerprint density at radius 2 is 1.53 bits per heavy atom. The van der Waals surface area contributed by atoms with Crippen LogP contribution >= 0.6 is 0 Å². The zero-order chi connectivity index (χ0) is 22.0. The average Bonchev–Trinajstić information content (AvgIpc) is 2.85. The molecule has 4 rings (SSSR count). The Morgan fingerprint density at radius 3 is 2.34 bits per heavy atom. The fourth-order valence-corrected chi connectivity index (χ4v) is 3.41. The van der Waals surface area contributed by atoms with Gasteiger partial charge in [-0.2, -0.15) is 0 Å². The zero-order valence-electron chi connectivity index (χ0n) is 18.3. The van der Waals surface area contributed by atoms with Gasteiger partial charge in [0.25, 0.3) is 0 Å². The highest BCUT2D eigenvalue weighted by atomic mass is 16.5. The maximum atomic E-state index is 5.74. The summed E-state index contributed by atoms with van der Waals surface area (Å²) in [6.07, 6.45) is 1.83. The Bertz CT molecular complexity index is 1130. The molecule has 1 heterocycles. The molecule has 0 fully saturated rings. The normalized spacial score (nSPS) is 10.9. The summed E-state index contributed by atoms with van der Waals surface area (Å²) in [4.78, 5) is 4.42. The molecule has 5 nitrogen and oxygen atoms in total. The van der Waals surface area contributed by atoms with Crippen molar-refractivity contribution in [3.05, 3.63) is 102 Å². The second-order valence-corrected chi connectivity index (χ2v) is 7.54. The molecular weight excluding hydrogens is 400 g/mol. The van der Waals surface area contributed by atoms with E-state index in [0.717, 1.165) is 40.0 Å². The Labute approximate surface area is 189 Å².